The average molecular weight is 726 g/mol. The van der Waals surface area contributed by atoms with E-state index in [0.29, 0.717) is 13.1 Å². The Morgan fingerprint density at radius 3 is 2.72 bits per heavy atom. The monoisotopic (exact) mass is 723 g/mol. The predicted octanol–water partition coefficient (Wildman–Crippen LogP) is 7.52. The van der Waals surface area contributed by atoms with Gasteiger partial charge in [0.25, 0.3) is 0 Å². The van der Waals surface area contributed by atoms with E-state index in [0.717, 1.165) is 70.4 Å². The van der Waals surface area contributed by atoms with Crippen LogP contribution in [-0.4, -0.2) is 56.4 Å². The molecule has 0 unspecified atom stereocenters. The van der Waals surface area contributed by atoms with Gasteiger partial charge < -0.3 is 9.47 Å². The van der Waals surface area contributed by atoms with Gasteiger partial charge in [0, 0.05) is 58.1 Å². The van der Waals surface area contributed by atoms with Gasteiger partial charge in [-0.05, 0) is 108 Å². The molecule has 0 bridgehead atoms. The lowest BCUT2D eigenvalue weighted by atomic mass is 9.74. The number of aryl methyl sites for hydroxylation is 3. The standard InChI is InChI=1S/C34H36Br2ClN5O/c1-40-14-10-25(32-31-24(17-28(37)19-29(31)36)8-9-26-16-27(35)20-39-33(26)32)18-30(40)34(43)42(21-23-6-3-2-4-7-23)13-5-12-41-15-11-38-22-41/h2-4,6-7,11,15-17,19-20,22,25,30,32H,5,8-10,12-14,18,21H2,1H3/t25-,30-,32-/m1/s1. The summed E-state index contributed by atoms with van der Waals surface area (Å²) in [6.45, 7) is 2.98. The molecule has 2 aromatic carbocycles. The minimum Gasteiger partial charge on any atom is -0.337 e. The lowest BCUT2D eigenvalue weighted by Crippen LogP contribution is -2.51. The summed E-state index contributed by atoms with van der Waals surface area (Å²) in [6, 6.07) is 16.5. The van der Waals surface area contributed by atoms with Gasteiger partial charge in [-0.15, -0.1) is 0 Å². The molecule has 1 amide bonds. The highest BCUT2D eigenvalue weighted by atomic mass is 79.9. The molecule has 9 heteroatoms. The molecular formula is C34H36Br2ClN5O. The van der Waals surface area contributed by atoms with Crippen LogP contribution < -0.4 is 0 Å². The number of nitrogens with zero attached hydrogens (tertiary/aromatic N) is 5. The number of amides is 1. The third kappa shape index (κ3) is 6.93. The summed E-state index contributed by atoms with van der Waals surface area (Å²) < 4.78 is 4.10. The van der Waals surface area contributed by atoms with Crippen molar-refractivity contribution in [3.8, 4) is 0 Å². The quantitative estimate of drug-likeness (QED) is 0.189. The number of carbonyl (C=O) groups excluding carboxylic acids is 1. The molecule has 2 aliphatic rings. The Labute approximate surface area is 275 Å². The van der Waals surface area contributed by atoms with E-state index in [1.165, 1.54) is 16.7 Å². The van der Waals surface area contributed by atoms with Gasteiger partial charge in [0.15, 0.2) is 0 Å². The summed E-state index contributed by atoms with van der Waals surface area (Å²) in [5.41, 5.74) is 6.10. The molecule has 3 atom stereocenters. The van der Waals surface area contributed by atoms with Crippen molar-refractivity contribution in [1.82, 2.24) is 24.3 Å². The van der Waals surface area contributed by atoms with Crippen LogP contribution in [0.25, 0.3) is 0 Å². The van der Waals surface area contributed by atoms with E-state index in [9.17, 15) is 4.79 Å². The average Bonchev–Trinajstić information content (AvgIpc) is 3.46. The second kappa shape index (κ2) is 13.6. The molecule has 0 radical (unpaired) electrons. The van der Waals surface area contributed by atoms with Crippen LogP contribution in [0.1, 0.15) is 53.1 Å². The molecule has 1 fully saturated rings. The number of fused-ring (bicyclic) bond motifs is 2. The van der Waals surface area contributed by atoms with Gasteiger partial charge >= 0.3 is 0 Å². The Bertz CT molecular complexity index is 1560. The van der Waals surface area contributed by atoms with E-state index in [2.05, 4.69) is 82.5 Å². The number of hydrogen-bond acceptors (Lipinski definition) is 4. The van der Waals surface area contributed by atoms with Crippen LogP contribution in [0.4, 0.5) is 0 Å². The maximum Gasteiger partial charge on any atom is 0.240 e. The minimum absolute atomic E-state index is 0.0834. The zero-order valence-corrected chi connectivity index (χ0v) is 28.2. The van der Waals surface area contributed by atoms with Gasteiger partial charge in [0.1, 0.15) is 0 Å². The normalized spacial score (nSPS) is 20.2. The molecule has 4 aromatic rings. The molecule has 1 aliphatic carbocycles. The first-order chi connectivity index (χ1) is 20.9. The number of rotatable bonds is 8. The number of hydrogen-bond donors (Lipinski definition) is 0. The van der Waals surface area contributed by atoms with Crippen molar-refractivity contribution in [3.05, 3.63) is 115 Å². The molecule has 6 rings (SSSR count). The smallest absolute Gasteiger partial charge is 0.240 e. The first-order valence-electron chi connectivity index (χ1n) is 15.0. The molecule has 0 spiro atoms. The minimum atomic E-state index is -0.201. The van der Waals surface area contributed by atoms with E-state index in [-0.39, 0.29) is 23.8 Å². The number of imidazole rings is 1. The Balaban J connectivity index is 1.30. The molecule has 0 saturated carbocycles. The molecule has 1 aliphatic heterocycles. The van der Waals surface area contributed by atoms with Crippen molar-refractivity contribution in [2.45, 2.75) is 57.2 Å². The largest absolute Gasteiger partial charge is 0.337 e. The van der Waals surface area contributed by atoms with Crippen molar-refractivity contribution in [2.24, 2.45) is 5.92 Å². The highest BCUT2D eigenvalue weighted by Crippen LogP contribution is 2.47. The number of carbonyl (C=O) groups is 1. The molecule has 3 heterocycles. The highest BCUT2D eigenvalue weighted by molar-refractivity contribution is 9.10. The highest BCUT2D eigenvalue weighted by Gasteiger charge is 2.41. The zero-order chi connectivity index (χ0) is 29.9. The first-order valence-corrected chi connectivity index (χ1v) is 16.9. The Kier molecular flexibility index (Phi) is 9.67. The van der Waals surface area contributed by atoms with Gasteiger partial charge in [0.2, 0.25) is 5.91 Å². The number of likely N-dealkylation sites (tertiary alicyclic amines) is 1. The number of aromatic nitrogens is 3. The van der Waals surface area contributed by atoms with Crippen LogP contribution in [0.3, 0.4) is 0 Å². The summed E-state index contributed by atoms with van der Waals surface area (Å²) in [6.07, 6.45) is 12.0. The van der Waals surface area contributed by atoms with Crippen LogP contribution in [0, 0.1) is 5.92 Å². The van der Waals surface area contributed by atoms with Gasteiger partial charge in [0.05, 0.1) is 18.1 Å². The fraction of sp³-hybridized carbons (Fsp3) is 0.382. The van der Waals surface area contributed by atoms with E-state index in [4.69, 9.17) is 16.6 Å². The predicted molar refractivity (Wildman–Crippen MR) is 178 cm³/mol. The number of likely N-dealkylation sites (N-methyl/N-ethyl adjacent to an activating group) is 1. The number of halogens is 3. The fourth-order valence-corrected chi connectivity index (χ4v) is 8.38. The molecule has 0 N–H and O–H groups in total. The molecule has 1 saturated heterocycles. The van der Waals surface area contributed by atoms with Crippen LogP contribution in [-0.2, 0) is 30.7 Å². The topological polar surface area (TPSA) is 54.3 Å². The second-order valence-corrected chi connectivity index (χ2v) is 14.0. The second-order valence-electron chi connectivity index (χ2n) is 11.8. The van der Waals surface area contributed by atoms with Crippen molar-refractivity contribution in [3.63, 3.8) is 0 Å². The number of piperidine rings is 1. The Morgan fingerprint density at radius 2 is 1.93 bits per heavy atom. The Hall–Kier alpha value is -2.52. The molecule has 224 valence electrons. The van der Waals surface area contributed by atoms with Gasteiger partial charge in [-0.3, -0.25) is 14.7 Å². The number of pyridine rings is 1. The summed E-state index contributed by atoms with van der Waals surface area (Å²) in [7, 11) is 2.10. The van der Waals surface area contributed by atoms with Crippen molar-refractivity contribution in [2.75, 3.05) is 20.1 Å². The first kappa shape index (κ1) is 30.5. The third-order valence-electron chi connectivity index (χ3n) is 9.02. The van der Waals surface area contributed by atoms with Crippen LogP contribution >= 0.6 is 43.5 Å². The summed E-state index contributed by atoms with van der Waals surface area (Å²) in [5, 5.41) is 0.744. The van der Waals surface area contributed by atoms with E-state index >= 15 is 0 Å². The van der Waals surface area contributed by atoms with E-state index in [1.54, 1.807) is 6.20 Å². The maximum absolute atomic E-state index is 14.5. The Morgan fingerprint density at radius 1 is 1.12 bits per heavy atom. The third-order valence-corrected chi connectivity index (χ3v) is 10.3. The summed E-state index contributed by atoms with van der Waals surface area (Å²) in [5.74, 6) is 0.547. The van der Waals surface area contributed by atoms with Crippen LogP contribution in [0.5, 0.6) is 0 Å². The molecule has 6 nitrogen and oxygen atoms in total. The summed E-state index contributed by atoms with van der Waals surface area (Å²) >= 11 is 14.1. The van der Waals surface area contributed by atoms with Gasteiger partial charge in [-0.25, -0.2) is 4.98 Å². The van der Waals surface area contributed by atoms with E-state index in [1.807, 2.05) is 43.0 Å². The maximum atomic E-state index is 14.5. The fourth-order valence-electron chi connectivity index (χ4n) is 6.88. The zero-order valence-electron chi connectivity index (χ0n) is 24.3. The SMILES string of the molecule is CN1CC[C@@H]([C@H]2c3ncc(Br)cc3CCc3cc(Cl)cc(Br)c32)C[C@@H]1C(=O)N(CCCn1ccnc1)Cc1ccccc1. The number of benzene rings is 2. The van der Waals surface area contributed by atoms with Gasteiger partial charge in [-0.1, -0.05) is 57.9 Å². The lowest BCUT2D eigenvalue weighted by Gasteiger charge is -2.42. The van der Waals surface area contributed by atoms with Crippen molar-refractivity contribution < 1.29 is 4.79 Å². The van der Waals surface area contributed by atoms with Crippen molar-refractivity contribution >= 4 is 49.4 Å². The van der Waals surface area contributed by atoms with Gasteiger partial charge in [-0.2, -0.15) is 0 Å². The summed E-state index contributed by atoms with van der Waals surface area (Å²) in [4.78, 5) is 28.0. The van der Waals surface area contributed by atoms with Crippen LogP contribution in [0.2, 0.25) is 5.02 Å². The van der Waals surface area contributed by atoms with E-state index < -0.39 is 0 Å². The molecule has 2 aromatic heterocycles. The molecule has 43 heavy (non-hydrogen) atoms. The molecular weight excluding hydrogens is 690 g/mol. The lowest BCUT2D eigenvalue weighted by molar-refractivity contribution is -0.139. The van der Waals surface area contributed by atoms with Crippen LogP contribution in [0.15, 0.2) is 82.4 Å². The van der Waals surface area contributed by atoms with Crippen molar-refractivity contribution in [1.29, 1.82) is 0 Å².